The summed E-state index contributed by atoms with van der Waals surface area (Å²) in [4.78, 5) is 14.8. The highest BCUT2D eigenvalue weighted by Crippen LogP contribution is 2.39. The average molecular weight is 419 g/mol. The molecule has 0 radical (unpaired) electrons. The Balaban J connectivity index is 1.42. The summed E-state index contributed by atoms with van der Waals surface area (Å²) in [5, 5.41) is 3.02. The molecule has 5 heteroatoms. The van der Waals surface area contributed by atoms with Crippen molar-refractivity contribution >= 4 is 23.5 Å². The molecule has 1 atom stereocenters. The van der Waals surface area contributed by atoms with Crippen molar-refractivity contribution in [1.82, 2.24) is 4.90 Å². The van der Waals surface area contributed by atoms with Crippen LogP contribution in [0.5, 0.6) is 5.75 Å². The third kappa shape index (κ3) is 4.97. The van der Waals surface area contributed by atoms with Crippen LogP contribution >= 0.6 is 11.8 Å². The van der Waals surface area contributed by atoms with E-state index in [1.807, 2.05) is 53.4 Å². The number of hydrogen-bond donors (Lipinski definition) is 1. The summed E-state index contributed by atoms with van der Waals surface area (Å²) >= 11 is 1.78. The van der Waals surface area contributed by atoms with E-state index in [-0.39, 0.29) is 11.4 Å². The largest absolute Gasteiger partial charge is 0.489 e. The van der Waals surface area contributed by atoms with Crippen molar-refractivity contribution in [3.05, 3.63) is 95.6 Å². The minimum Gasteiger partial charge on any atom is -0.489 e. The number of nitrogens with zero attached hydrogens (tertiary/aromatic N) is 1. The first-order chi connectivity index (χ1) is 14.7. The van der Waals surface area contributed by atoms with E-state index in [2.05, 4.69) is 42.6 Å². The quantitative estimate of drug-likeness (QED) is 0.525. The predicted molar refractivity (Wildman–Crippen MR) is 124 cm³/mol. The monoisotopic (exact) mass is 418 g/mol. The molecule has 2 amide bonds. The highest BCUT2D eigenvalue weighted by Gasteiger charge is 2.31. The summed E-state index contributed by atoms with van der Waals surface area (Å²) < 4.78 is 5.98. The number of ether oxygens (including phenoxy) is 1. The molecule has 1 saturated heterocycles. The van der Waals surface area contributed by atoms with Crippen molar-refractivity contribution in [3.63, 3.8) is 0 Å². The summed E-state index contributed by atoms with van der Waals surface area (Å²) in [5.74, 6) is 1.74. The lowest BCUT2D eigenvalue weighted by Crippen LogP contribution is -2.34. The Morgan fingerprint density at radius 1 is 1.03 bits per heavy atom. The molecule has 1 N–H and O–H groups in total. The van der Waals surface area contributed by atoms with Crippen molar-refractivity contribution < 1.29 is 9.53 Å². The highest BCUT2D eigenvalue weighted by atomic mass is 32.2. The number of rotatable bonds is 6. The van der Waals surface area contributed by atoms with E-state index in [4.69, 9.17) is 4.74 Å². The van der Waals surface area contributed by atoms with Crippen LogP contribution in [0.2, 0.25) is 0 Å². The fourth-order valence-corrected chi connectivity index (χ4v) is 4.72. The molecule has 0 aliphatic carbocycles. The van der Waals surface area contributed by atoms with Crippen LogP contribution in [0, 0.1) is 0 Å². The van der Waals surface area contributed by atoms with Gasteiger partial charge in [0.2, 0.25) is 0 Å². The molecular formula is C25H26N2O2S. The molecule has 1 heterocycles. The first-order valence-electron chi connectivity index (χ1n) is 10.3. The van der Waals surface area contributed by atoms with Crippen molar-refractivity contribution in [1.29, 1.82) is 0 Å². The van der Waals surface area contributed by atoms with Crippen LogP contribution in [0.15, 0.2) is 78.9 Å². The minimum atomic E-state index is -0.0649. The molecule has 1 aliphatic rings. The molecule has 30 heavy (non-hydrogen) atoms. The maximum atomic E-state index is 12.9. The molecule has 1 fully saturated rings. The Morgan fingerprint density at radius 3 is 2.60 bits per heavy atom. The number of thioether (sulfide) groups is 1. The second-order valence-electron chi connectivity index (χ2n) is 7.24. The zero-order valence-corrected chi connectivity index (χ0v) is 17.9. The molecule has 0 aromatic heterocycles. The van der Waals surface area contributed by atoms with Gasteiger partial charge in [-0.2, -0.15) is 0 Å². The molecule has 4 rings (SSSR count). The van der Waals surface area contributed by atoms with Gasteiger partial charge in [-0.25, -0.2) is 4.79 Å². The summed E-state index contributed by atoms with van der Waals surface area (Å²) in [6, 6.07) is 26.2. The molecule has 3 aromatic carbocycles. The van der Waals surface area contributed by atoms with Gasteiger partial charge in [0.25, 0.3) is 0 Å². The van der Waals surface area contributed by atoms with Crippen molar-refractivity contribution in [3.8, 4) is 5.75 Å². The Morgan fingerprint density at radius 2 is 1.83 bits per heavy atom. The second kappa shape index (κ2) is 9.72. The van der Waals surface area contributed by atoms with Gasteiger partial charge >= 0.3 is 6.03 Å². The Kier molecular flexibility index (Phi) is 6.60. The molecule has 1 unspecified atom stereocenters. The molecular weight excluding hydrogens is 392 g/mol. The van der Waals surface area contributed by atoms with Gasteiger partial charge in [0, 0.05) is 18.0 Å². The van der Waals surface area contributed by atoms with Crippen molar-refractivity contribution in [2.75, 3.05) is 17.6 Å². The summed E-state index contributed by atoms with van der Waals surface area (Å²) in [7, 11) is 0. The van der Waals surface area contributed by atoms with E-state index >= 15 is 0 Å². The van der Waals surface area contributed by atoms with Crippen molar-refractivity contribution in [2.45, 2.75) is 25.3 Å². The Hall–Kier alpha value is -2.92. The van der Waals surface area contributed by atoms with Gasteiger partial charge in [-0.1, -0.05) is 61.5 Å². The lowest BCUT2D eigenvalue weighted by atomic mass is 10.1. The van der Waals surface area contributed by atoms with Gasteiger partial charge < -0.3 is 15.0 Å². The number of carbonyl (C=O) groups is 1. The lowest BCUT2D eigenvalue weighted by Gasteiger charge is -2.25. The standard InChI is InChI=1S/C25H26N2O2S/c1-2-19-11-13-22(14-12-19)26-25(28)27-15-16-30-24(27)21-9-6-10-23(17-21)29-18-20-7-4-3-5-8-20/h3-14,17,24H,2,15-16,18H2,1H3,(H,26,28). The fourth-order valence-electron chi connectivity index (χ4n) is 3.47. The summed E-state index contributed by atoms with van der Waals surface area (Å²) in [5.41, 5.74) is 4.30. The average Bonchev–Trinajstić information content (AvgIpc) is 3.29. The SMILES string of the molecule is CCc1ccc(NC(=O)N2CCSC2c2cccc(OCc3ccccc3)c2)cc1. The number of urea groups is 1. The van der Waals surface area contributed by atoms with Gasteiger partial charge in [0.05, 0.1) is 0 Å². The highest BCUT2D eigenvalue weighted by molar-refractivity contribution is 7.99. The minimum absolute atomic E-state index is 0.0137. The van der Waals surface area contributed by atoms with Gasteiger partial charge in [-0.3, -0.25) is 0 Å². The topological polar surface area (TPSA) is 41.6 Å². The Bertz CT molecular complexity index is 976. The van der Waals surface area contributed by atoms with Gasteiger partial charge in [-0.15, -0.1) is 11.8 Å². The summed E-state index contributed by atoms with van der Waals surface area (Å²) in [6.45, 7) is 3.38. The number of hydrogen-bond acceptors (Lipinski definition) is 3. The number of benzene rings is 3. The number of anilines is 1. The lowest BCUT2D eigenvalue weighted by molar-refractivity contribution is 0.214. The zero-order chi connectivity index (χ0) is 20.8. The molecule has 1 aliphatic heterocycles. The van der Waals surface area contributed by atoms with E-state index in [1.165, 1.54) is 5.56 Å². The first kappa shape index (κ1) is 20.4. The number of nitrogens with one attached hydrogen (secondary N) is 1. The zero-order valence-electron chi connectivity index (χ0n) is 17.1. The molecule has 154 valence electrons. The third-order valence-electron chi connectivity index (χ3n) is 5.16. The predicted octanol–water partition coefficient (Wildman–Crippen LogP) is 6.11. The second-order valence-corrected chi connectivity index (χ2v) is 8.43. The number of aryl methyl sites for hydroxylation is 1. The number of amides is 2. The number of carbonyl (C=O) groups excluding carboxylic acids is 1. The van der Waals surface area contributed by atoms with Crippen LogP contribution in [0.4, 0.5) is 10.5 Å². The van der Waals surface area contributed by atoms with Crippen LogP contribution in [0.25, 0.3) is 0 Å². The smallest absolute Gasteiger partial charge is 0.323 e. The van der Waals surface area contributed by atoms with Gasteiger partial charge in [0.15, 0.2) is 0 Å². The molecule has 0 saturated carbocycles. The molecule has 3 aromatic rings. The molecule has 0 bridgehead atoms. The third-order valence-corrected chi connectivity index (χ3v) is 6.42. The van der Waals surface area contributed by atoms with Gasteiger partial charge in [-0.05, 0) is 47.4 Å². The van der Waals surface area contributed by atoms with Crippen LogP contribution in [-0.4, -0.2) is 23.2 Å². The van der Waals surface area contributed by atoms with Crippen LogP contribution < -0.4 is 10.1 Å². The van der Waals surface area contributed by atoms with E-state index in [0.717, 1.165) is 41.3 Å². The van der Waals surface area contributed by atoms with Gasteiger partial charge in [0.1, 0.15) is 17.7 Å². The van der Waals surface area contributed by atoms with E-state index in [1.54, 1.807) is 11.8 Å². The first-order valence-corrected chi connectivity index (χ1v) is 11.3. The van der Waals surface area contributed by atoms with Crippen LogP contribution in [0.1, 0.15) is 29.0 Å². The van der Waals surface area contributed by atoms with E-state index < -0.39 is 0 Å². The van der Waals surface area contributed by atoms with Crippen LogP contribution in [0.3, 0.4) is 0 Å². The summed E-state index contributed by atoms with van der Waals surface area (Å²) in [6.07, 6.45) is 0.988. The molecule has 0 spiro atoms. The van der Waals surface area contributed by atoms with E-state index in [0.29, 0.717) is 6.61 Å². The fraction of sp³-hybridized carbons (Fsp3) is 0.240. The maximum absolute atomic E-state index is 12.9. The normalized spacial score (nSPS) is 15.8. The maximum Gasteiger partial charge on any atom is 0.323 e. The van der Waals surface area contributed by atoms with E-state index in [9.17, 15) is 4.79 Å². The Labute approximate surface area is 182 Å². The van der Waals surface area contributed by atoms with Crippen LogP contribution in [-0.2, 0) is 13.0 Å². The molecule has 4 nitrogen and oxygen atoms in total. The van der Waals surface area contributed by atoms with Crippen molar-refractivity contribution in [2.24, 2.45) is 0 Å².